The summed E-state index contributed by atoms with van der Waals surface area (Å²) in [4.78, 5) is 10.3. The summed E-state index contributed by atoms with van der Waals surface area (Å²) in [5.41, 5.74) is 5.30. The first-order chi connectivity index (χ1) is 4.83. The van der Waals surface area contributed by atoms with E-state index in [1.54, 1.807) is 11.8 Å². The van der Waals surface area contributed by atoms with Crippen LogP contribution in [0, 0.1) is 0 Å². The molecule has 1 unspecified atom stereocenters. The van der Waals surface area contributed by atoms with Crippen LogP contribution in [0.1, 0.15) is 20.8 Å². The lowest BCUT2D eigenvalue weighted by molar-refractivity contribution is -0.137. The maximum absolute atomic E-state index is 10.3. The zero-order valence-electron chi connectivity index (χ0n) is 7.13. The van der Waals surface area contributed by atoms with Crippen molar-refractivity contribution in [3.63, 3.8) is 0 Å². The average Bonchev–Trinajstić information content (AvgIpc) is 1.80. The summed E-state index contributed by atoms with van der Waals surface area (Å²) < 4.78 is 0.0903. The molecule has 0 radical (unpaired) electrons. The monoisotopic (exact) mass is 177 g/mol. The molecule has 0 aromatic heterocycles. The number of thioether (sulfide) groups is 1. The normalized spacial score (nSPS) is 14.5. The molecule has 0 rings (SSSR count). The van der Waals surface area contributed by atoms with Gasteiger partial charge in [0.1, 0.15) is 6.04 Å². The highest BCUT2D eigenvalue weighted by molar-refractivity contribution is 8.00. The summed E-state index contributed by atoms with van der Waals surface area (Å²) in [6.07, 6.45) is 0. The van der Waals surface area contributed by atoms with Crippen LogP contribution < -0.4 is 5.73 Å². The molecule has 1 atom stereocenters. The lowest BCUT2D eigenvalue weighted by Crippen LogP contribution is -2.33. The molecule has 0 spiro atoms. The molecule has 0 aliphatic rings. The number of rotatable bonds is 3. The second-order valence-corrected chi connectivity index (χ2v) is 5.21. The Morgan fingerprint density at radius 3 is 2.36 bits per heavy atom. The molecule has 0 fully saturated rings. The van der Waals surface area contributed by atoms with Crippen LogP contribution >= 0.6 is 11.8 Å². The van der Waals surface area contributed by atoms with Crippen LogP contribution in [0.3, 0.4) is 0 Å². The van der Waals surface area contributed by atoms with Crippen LogP contribution in [0.4, 0.5) is 0 Å². The van der Waals surface area contributed by atoms with Gasteiger partial charge in [-0.25, -0.2) is 0 Å². The summed E-state index contributed by atoms with van der Waals surface area (Å²) >= 11 is 1.56. The maximum Gasteiger partial charge on any atom is 0.321 e. The van der Waals surface area contributed by atoms with Gasteiger partial charge in [0.2, 0.25) is 0 Å². The van der Waals surface area contributed by atoms with Gasteiger partial charge in [0.25, 0.3) is 0 Å². The van der Waals surface area contributed by atoms with E-state index in [4.69, 9.17) is 10.8 Å². The lowest BCUT2D eigenvalue weighted by atomic mass is 10.3. The van der Waals surface area contributed by atoms with E-state index in [0.29, 0.717) is 5.75 Å². The molecule has 0 aromatic rings. The predicted octanol–water partition coefficient (Wildman–Crippen LogP) is 0.930. The van der Waals surface area contributed by atoms with Crippen molar-refractivity contribution in [3.05, 3.63) is 0 Å². The van der Waals surface area contributed by atoms with Crippen molar-refractivity contribution in [2.45, 2.75) is 31.6 Å². The van der Waals surface area contributed by atoms with E-state index in [2.05, 4.69) is 0 Å². The van der Waals surface area contributed by atoms with Crippen LogP contribution in [-0.4, -0.2) is 27.6 Å². The Morgan fingerprint density at radius 2 is 2.09 bits per heavy atom. The van der Waals surface area contributed by atoms with Crippen molar-refractivity contribution in [3.8, 4) is 0 Å². The number of hydrogen-bond donors (Lipinski definition) is 2. The molecule has 66 valence electrons. The molecular formula is C7H15NO2S. The zero-order valence-corrected chi connectivity index (χ0v) is 7.94. The Kier molecular flexibility index (Phi) is 3.89. The van der Waals surface area contributed by atoms with E-state index in [1.165, 1.54) is 0 Å². The van der Waals surface area contributed by atoms with E-state index < -0.39 is 12.0 Å². The van der Waals surface area contributed by atoms with Crippen LogP contribution in [0.15, 0.2) is 0 Å². The molecule has 4 heteroatoms. The number of nitrogens with two attached hydrogens (primary N) is 1. The fraction of sp³-hybridized carbons (Fsp3) is 0.857. The Bertz CT molecular complexity index is 142. The molecular weight excluding hydrogens is 162 g/mol. The summed E-state index contributed by atoms with van der Waals surface area (Å²) in [6, 6.07) is -0.737. The average molecular weight is 177 g/mol. The minimum atomic E-state index is -0.929. The van der Waals surface area contributed by atoms with E-state index in [-0.39, 0.29) is 4.75 Å². The van der Waals surface area contributed by atoms with Crippen molar-refractivity contribution in [1.82, 2.24) is 0 Å². The summed E-state index contributed by atoms with van der Waals surface area (Å²) in [7, 11) is 0. The molecule has 3 N–H and O–H groups in total. The van der Waals surface area contributed by atoms with Gasteiger partial charge in [-0.2, -0.15) is 11.8 Å². The molecule has 0 heterocycles. The second-order valence-electron chi connectivity index (χ2n) is 3.37. The van der Waals surface area contributed by atoms with Gasteiger partial charge in [-0.15, -0.1) is 0 Å². The first-order valence-electron chi connectivity index (χ1n) is 3.45. The van der Waals surface area contributed by atoms with Gasteiger partial charge < -0.3 is 10.8 Å². The fourth-order valence-corrected chi connectivity index (χ4v) is 1.23. The van der Waals surface area contributed by atoms with Crippen molar-refractivity contribution < 1.29 is 9.90 Å². The fourth-order valence-electron chi connectivity index (χ4n) is 0.411. The summed E-state index contributed by atoms with van der Waals surface area (Å²) in [6.45, 7) is 6.10. The molecule has 0 bridgehead atoms. The predicted molar refractivity (Wildman–Crippen MR) is 47.8 cm³/mol. The molecule has 0 saturated heterocycles. The quantitative estimate of drug-likeness (QED) is 0.673. The molecule has 0 aliphatic carbocycles. The van der Waals surface area contributed by atoms with Gasteiger partial charge in [-0.1, -0.05) is 20.8 Å². The molecule has 11 heavy (non-hydrogen) atoms. The first-order valence-corrected chi connectivity index (χ1v) is 4.44. The third kappa shape index (κ3) is 6.19. The van der Waals surface area contributed by atoms with Crippen LogP contribution in [0.25, 0.3) is 0 Å². The van der Waals surface area contributed by atoms with Crippen molar-refractivity contribution in [1.29, 1.82) is 0 Å². The molecule has 0 saturated carbocycles. The van der Waals surface area contributed by atoms with Gasteiger partial charge in [0.15, 0.2) is 0 Å². The topological polar surface area (TPSA) is 63.3 Å². The SMILES string of the molecule is CC(C)(C)SCC(N)C(=O)O. The lowest BCUT2D eigenvalue weighted by Gasteiger charge is -2.18. The summed E-state index contributed by atoms with van der Waals surface area (Å²) in [5, 5.41) is 8.44. The smallest absolute Gasteiger partial charge is 0.321 e. The van der Waals surface area contributed by atoms with Gasteiger partial charge in [-0.3, -0.25) is 4.79 Å². The molecule has 3 nitrogen and oxygen atoms in total. The second kappa shape index (κ2) is 3.97. The highest BCUT2D eigenvalue weighted by Gasteiger charge is 2.16. The van der Waals surface area contributed by atoms with E-state index in [9.17, 15) is 4.79 Å². The molecule has 0 aromatic carbocycles. The van der Waals surface area contributed by atoms with Gasteiger partial charge in [0.05, 0.1) is 0 Å². The maximum atomic E-state index is 10.3. The number of carbonyl (C=O) groups is 1. The number of carboxylic acid groups (broad SMARTS) is 1. The number of carboxylic acids is 1. The number of aliphatic carboxylic acids is 1. The Morgan fingerprint density at radius 1 is 1.64 bits per heavy atom. The van der Waals surface area contributed by atoms with Crippen LogP contribution in [0.2, 0.25) is 0 Å². The largest absolute Gasteiger partial charge is 0.480 e. The van der Waals surface area contributed by atoms with Crippen LogP contribution in [0.5, 0.6) is 0 Å². The Balaban J connectivity index is 3.63. The third-order valence-electron chi connectivity index (χ3n) is 1.01. The van der Waals surface area contributed by atoms with Crippen molar-refractivity contribution >= 4 is 17.7 Å². The van der Waals surface area contributed by atoms with Crippen LogP contribution in [-0.2, 0) is 4.79 Å². The minimum Gasteiger partial charge on any atom is -0.480 e. The third-order valence-corrected chi connectivity index (χ3v) is 2.40. The van der Waals surface area contributed by atoms with Crippen molar-refractivity contribution in [2.75, 3.05) is 5.75 Å². The first kappa shape index (κ1) is 10.8. The van der Waals surface area contributed by atoms with E-state index in [0.717, 1.165) is 0 Å². The van der Waals surface area contributed by atoms with E-state index in [1.807, 2.05) is 20.8 Å². The number of hydrogen-bond acceptors (Lipinski definition) is 3. The zero-order chi connectivity index (χ0) is 9.07. The van der Waals surface area contributed by atoms with E-state index >= 15 is 0 Å². The van der Waals surface area contributed by atoms with Gasteiger partial charge in [-0.05, 0) is 0 Å². The highest BCUT2D eigenvalue weighted by atomic mass is 32.2. The Hall–Kier alpha value is -0.220. The molecule has 0 aliphatic heterocycles. The van der Waals surface area contributed by atoms with Gasteiger partial charge >= 0.3 is 5.97 Å². The van der Waals surface area contributed by atoms with Gasteiger partial charge in [0, 0.05) is 10.5 Å². The Labute approximate surface area is 71.3 Å². The standard InChI is InChI=1S/C7H15NO2S/c1-7(2,3)11-4-5(8)6(9)10/h5H,4,8H2,1-3H3,(H,9,10). The van der Waals surface area contributed by atoms with Crippen molar-refractivity contribution in [2.24, 2.45) is 5.73 Å². The minimum absolute atomic E-state index is 0.0903. The highest BCUT2D eigenvalue weighted by Crippen LogP contribution is 2.23. The summed E-state index contributed by atoms with van der Waals surface area (Å²) in [5.74, 6) is -0.458. The molecule has 0 amide bonds.